The van der Waals surface area contributed by atoms with Gasteiger partial charge in [0.05, 0.1) is 13.0 Å². The van der Waals surface area contributed by atoms with Gasteiger partial charge in [-0.05, 0) is 12.8 Å². The molecule has 0 amide bonds. The number of hydrogen-bond acceptors (Lipinski definition) is 3. The van der Waals surface area contributed by atoms with E-state index in [-0.39, 0.29) is 30.5 Å². The summed E-state index contributed by atoms with van der Waals surface area (Å²) in [7, 11) is 0. The number of rotatable bonds is 7. The molecule has 0 fully saturated rings. The van der Waals surface area contributed by atoms with Crippen molar-refractivity contribution in [3.63, 3.8) is 0 Å². The molecule has 0 saturated carbocycles. The van der Waals surface area contributed by atoms with E-state index in [1.165, 1.54) is 0 Å². The topological polar surface area (TPSA) is 43.4 Å². The monoisotopic (exact) mass is 198 g/mol. The van der Waals surface area contributed by atoms with E-state index in [1.54, 1.807) is 13.0 Å². The molecule has 0 radical (unpaired) electrons. The zero-order valence-corrected chi connectivity index (χ0v) is 8.91. The fourth-order valence-corrected chi connectivity index (χ4v) is 1.02. The molecule has 0 aliphatic heterocycles. The van der Waals surface area contributed by atoms with E-state index in [1.807, 2.05) is 6.92 Å². The Labute approximate surface area is 85.1 Å². The van der Waals surface area contributed by atoms with Crippen LogP contribution in [0.2, 0.25) is 0 Å². The number of carbonyl (C=O) groups is 2. The van der Waals surface area contributed by atoms with Crippen LogP contribution in [0.15, 0.2) is 12.7 Å². The number of ether oxygens (including phenoxy) is 1. The van der Waals surface area contributed by atoms with Crippen molar-refractivity contribution in [1.82, 2.24) is 0 Å². The SMILES string of the molecule is C=C[C@H](C)CC(=O)CCC(=O)OCC. The van der Waals surface area contributed by atoms with Gasteiger partial charge in [-0.15, -0.1) is 6.58 Å². The van der Waals surface area contributed by atoms with Gasteiger partial charge < -0.3 is 4.74 Å². The number of hydrogen-bond donors (Lipinski definition) is 0. The smallest absolute Gasteiger partial charge is 0.306 e. The third-order valence-electron chi connectivity index (χ3n) is 1.87. The number of carbonyl (C=O) groups excluding carboxylic acids is 2. The quantitative estimate of drug-likeness (QED) is 0.465. The van der Waals surface area contributed by atoms with Gasteiger partial charge in [-0.3, -0.25) is 9.59 Å². The largest absolute Gasteiger partial charge is 0.466 e. The molecule has 0 aromatic heterocycles. The summed E-state index contributed by atoms with van der Waals surface area (Å²) in [5.74, 6) is -0.0257. The molecule has 1 atom stereocenters. The Morgan fingerprint density at radius 3 is 2.57 bits per heavy atom. The van der Waals surface area contributed by atoms with Gasteiger partial charge in [0.1, 0.15) is 5.78 Å². The molecule has 3 nitrogen and oxygen atoms in total. The molecule has 0 rings (SSSR count). The van der Waals surface area contributed by atoms with Gasteiger partial charge in [0.2, 0.25) is 0 Å². The summed E-state index contributed by atoms with van der Waals surface area (Å²) in [4.78, 5) is 22.2. The van der Waals surface area contributed by atoms with E-state index >= 15 is 0 Å². The van der Waals surface area contributed by atoms with Gasteiger partial charge in [-0.1, -0.05) is 13.0 Å². The van der Waals surface area contributed by atoms with E-state index < -0.39 is 0 Å². The predicted molar refractivity (Wildman–Crippen MR) is 54.9 cm³/mol. The summed E-state index contributed by atoms with van der Waals surface area (Å²) < 4.78 is 4.71. The van der Waals surface area contributed by atoms with Crippen molar-refractivity contribution in [3.05, 3.63) is 12.7 Å². The molecule has 0 aliphatic rings. The number of ketones is 1. The van der Waals surface area contributed by atoms with Crippen molar-refractivity contribution in [3.8, 4) is 0 Å². The Morgan fingerprint density at radius 2 is 2.07 bits per heavy atom. The third kappa shape index (κ3) is 6.40. The second kappa shape index (κ2) is 7.30. The molecule has 0 N–H and O–H groups in total. The first-order chi connectivity index (χ1) is 6.60. The van der Waals surface area contributed by atoms with Crippen molar-refractivity contribution in [2.75, 3.05) is 6.61 Å². The Kier molecular flexibility index (Phi) is 6.72. The molecule has 0 saturated heterocycles. The van der Waals surface area contributed by atoms with Crippen LogP contribution in [-0.2, 0) is 14.3 Å². The molecular weight excluding hydrogens is 180 g/mol. The summed E-state index contributed by atoms with van der Waals surface area (Å²) in [5.41, 5.74) is 0. The first kappa shape index (κ1) is 12.9. The van der Waals surface area contributed by atoms with Crippen LogP contribution < -0.4 is 0 Å². The molecule has 14 heavy (non-hydrogen) atoms. The van der Waals surface area contributed by atoms with Crippen molar-refractivity contribution < 1.29 is 14.3 Å². The van der Waals surface area contributed by atoms with Crippen LogP contribution in [0.4, 0.5) is 0 Å². The van der Waals surface area contributed by atoms with Crippen LogP contribution in [0.3, 0.4) is 0 Å². The molecule has 0 bridgehead atoms. The maximum atomic E-state index is 11.3. The highest BCUT2D eigenvalue weighted by Crippen LogP contribution is 2.06. The van der Waals surface area contributed by atoms with E-state index in [4.69, 9.17) is 4.74 Å². The zero-order chi connectivity index (χ0) is 11.0. The summed E-state index contributed by atoms with van der Waals surface area (Å²) in [6.45, 7) is 7.64. The summed E-state index contributed by atoms with van der Waals surface area (Å²) in [5, 5.41) is 0. The first-order valence-corrected chi connectivity index (χ1v) is 4.90. The highest BCUT2D eigenvalue weighted by atomic mass is 16.5. The molecule has 0 heterocycles. The van der Waals surface area contributed by atoms with E-state index in [2.05, 4.69) is 6.58 Å². The number of allylic oxidation sites excluding steroid dienone is 1. The fraction of sp³-hybridized carbons (Fsp3) is 0.636. The molecule has 0 aromatic rings. The Bertz CT molecular complexity index is 209. The lowest BCUT2D eigenvalue weighted by Gasteiger charge is -2.04. The molecule has 3 heteroatoms. The zero-order valence-electron chi connectivity index (χ0n) is 8.91. The minimum absolute atomic E-state index is 0.0884. The lowest BCUT2D eigenvalue weighted by molar-refractivity contribution is -0.144. The van der Waals surface area contributed by atoms with Crippen LogP contribution in [0.5, 0.6) is 0 Å². The van der Waals surface area contributed by atoms with E-state index in [0.29, 0.717) is 13.0 Å². The van der Waals surface area contributed by atoms with Crippen molar-refractivity contribution in [1.29, 1.82) is 0 Å². The summed E-state index contributed by atoms with van der Waals surface area (Å²) >= 11 is 0. The second-order valence-electron chi connectivity index (χ2n) is 3.26. The fourth-order valence-electron chi connectivity index (χ4n) is 1.02. The van der Waals surface area contributed by atoms with Crippen LogP contribution in [-0.4, -0.2) is 18.4 Å². The average Bonchev–Trinajstić information content (AvgIpc) is 2.15. The molecule has 0 unspecified atom stereocenters. The van der Waals surface area contributed by atoms with Gasteiger partial charge in [0, 0.05) is 12.8 Å². The highest BCUT2D eigenvalue weighted by Gasteiger charge is 2.09. The summed E-state index contributed by atoms with van der Waals surface area (Å²) in [6.07, 6.45) is 2.67. The Hall–Kier alpha value is -1.12. The average molecular weight is 198 g/mol. The van der Waals surface area contributed by atoms with E-state index in [9.17, 15) is 9.59 Å². The molecular formula is C11H18O3. The predicted octanol–water partition coefficient (Wildman–Crippen LogP) is 2.11. The van der Waals surface area contributed by atoms with E-state index in [0.717, 1.165) is 0 Å². The van der Waals surface area contributed by atoms with Crippen LogP contribution in [0.25, 0.3) is 0 Å². The van der Waals surface area contributed by atoms with Gasteiger partial charge in [0.25, 0.3) is 0 Å². The Balaban J connectivity index is 3.63. The number of esters is 1. The molecule has 80 valence electrons. The third-order valence-corrected chi connectivity index (χ3v) is 1.87. The standard InChI is InChI=1S/C11H18O3/c1-4-9(3)8-10(12)6-7-11(13)14-5-2/h4,9H,1,5-8H2,2-3H3/t9-/m0/s1. The normalized spacial score (nSPS) is 11.9. The van der Waals surface area contributed by atoms with Crippen molar-refractivity contribution in [2.24, 2.45) is 5.92 Å². The number of Topliss-reactive ketones (excluding diaryl/α,β-unsaturated/α-hetero) is 1. The Morgan fingerprint density at radius 1 is 1.43 bits per heavy atom. The van der Waals surface area contributed by atoms with Crippen LogP contribution >= 0.6 is 0 Å². The van der Waals surface area contributed by atoms with Crippen LogP contribution in [0, 0.1) is 5.92 Å². The minimum atomic E-state index is -0.299. The maximum absolute atomic E-state index is 11.3. The highest BCUT2D eigenvalue weighted by molar-refractivity contribution is 5.83. The van der Waals surface area contributed by atoms with Crippen LogP contribution in [0.1, 0.15) is 33.1 Å². The van der Waals surface area contributed by atoms with Gasteiger partial charge in [-0.2, -0.15) is 0 Å². The van der Waals surface area contributed by atoms with Gasteiger partial charge in [-0.25, -0.2) is 0 Å². The molecule has 0 aromatic carbocycles. The van der Waals surface area contributed by atoms with Gasteiger partial charge in [0.15, 0.2) is 0 Å². The van der Waals surface area contributed by atoms with Crippen molar-refractivity contribution in [2.45, 2.75) is 33.1 Å². The minimum Gasteiger partial charge on any atom is -0.466 e. The van der Waals surface area contributed by atoms with Crippen molar-refractivity contribution >= 4 is 11.8 Å². The first-order valence-electron chi connectivity index (χ1n) is 4.90. The lowest BCUT2D eigenvalue weighted by Crippen LogP contribution is -2.09. The lowest BCUT2D eigenvalue weighted by atomic mass is 10.0. The second-order valence-corrected chi connectivity index (χ2v) is 3.26. The molecule has 0 aliphatic carbocycles. The van der Waals surface area contributed by atoms with Gasteiger partial charge >= 0.3 is 5.97 Å². The maximum Gasteiger partial charge on any atom is 0.306 e. The molecule has 0 spiro atoms. The summed E-state index contributed by atoms with van der Waals surface area (Å²) in [6, 6.07) is 0.